The highest BCUT2D eigenvalue weighted by Crippen LogP contribution is 2.43. The maximum Gasteiger partial charge on any atom is 0.144 e. The van der Waals surface area contributed by atoms with Crippen LogP contribution in [-0.4, -0.2) is 34.7 Å². The van der Waals surface area contributed by atoms with Crippen molar-refractivity contribution >= 4 is 6.21 Å². The number of nitrogens with zero attached hydrogens (tertiary/aromatic N) is 1. The Morgan fingerprint density at radius 3 is 1.67 bits per heavy atom. The second kappa shape index (κ2) is 10.5. The Morgan fingerprint density at radius 2 is 1.18 bits per heavy atom. The van der Waals surface area contributed by atoms with Crippen molar-refractivity contribution in [1.29, 1.82) is 0 Å². The van der Waals surface area contributed by atoms with Crippen molar-refractivity contribution in [2.45, 2.75) is 58.5 Å². The number of hydrogen-bond donors (Lipinski definition) is 2. The number of aliphatic imine (C=N–C) groups is 1. The minimum absolute atomic E-state index is 0.0716. The average Bonchev–Trinajstić information content (AvgIpc) is 2.78. The number of phenols is 1. The molecule has 33 heavy (non-hydrogen) atoms. The van der Waals surface area contributed by atoms with Gasteiger partial charge >= 0.3 is 0 Å². The van der Waals surface area contributed by atoms with E-state index in [1.165, 1.54) is 0 Å². The van der Waals surface area contributed by atoms with E-state index in [0.29, 0.717) is 28.2 Å². The molecule has 1 unspecified atom stereocenters. The Bertz CT molecular complexity index is 1040. The SMILES string of the molecule is CC(C)Oc1ccccc1C(O)(c1ccccc1OC(C)C)C(C)N=Cc1ccccc1O. The molecule has 0 spiro atoms. The number of aromatic hydroxyl groups is 1. The quantitative estimate of drug-likeness (QED) is 0.412. The summed E-state index contributed by atoms with van der Waals surface area (Å²) in [6.45, 7) is 9.64. The molecule has 0 aromatic heterocycles. The van der Waals surface area contributed by atoms with Crippen LogP contribution in [0, 0.1) is 0 Å². The maximum absolute atomic E-state index is 12.4. The molecule has 2 N–H and O–H groups in total. The Labute approximate surface area is 196 Å². The van der Waals surface area contributed by atoms with Crippen LogP contribution in [0.4, 0.5) is 0 Å². The van der Waals surface area contributed by atoms with Gasteiger partial charge in [-0.1, -0.05) is 48.5 Å². The van der Waals surface area contributed by atoms with Crippen molar-refractivity contribution in [3.63, 3.8) is 0 Å². The zero-order valence-corrected chi connectivity index (χ0v) is 19.9. The number of ether oxygens (including phenoxy) is 2. The van der Waals surface area contributed by atoms with Crippen LogP contribution in [-0.2, 0) is 5.60 Å². The van der Waals surface area contributed by atoms with Crippen molar-refractivity contribution in [2.24, 2.45) is 4.99 Å². The third kappa shape index (κ3) is 5.55. The third-order valence-corrected chi connectivity index (χ3v) is 5.30. The first-order chi connectivity index (χ1) is 15.7. The fourth-order valence-corrected chi connectivity index (χ4v) is 3.77. The number of rotatable bonds is 9. The summed E-state index contributed by atoms with van der Waals surface area (Å²) in [7, 11) is 0. The van der Waals surface area contributed by atoms with Gasteiger partial charge < -0.3 is 19.7 Å². The summed E-state index contributed by atoms with van der Waals surface area (Å²) >= 11 is 0. The lowest BCUT2D eigenvalue weighted by Gasteiger charge is -2.36. The van der Waals surface area contributed by atoms with Crippen molar-refractivity contribution in [3.05, 3.63) is 89.5 Å². The average molecular weight is 448 g/mol. The molecule has 0 amide bonds. The maximum atomic E-state index is 12.4. The molecule has 3 rings (SSSR count). The summed E-state index contributed by atoms with van der Waals surface area (Å²) in [5.74, 6) is 1.29. The van der Waals surface area contributed by atoms with Gasteiger partial charge in [-0.05, 0) is 58.9 Å². The molecule has 174 valence electrons. The summed E-state index contributed by atoms with van der Waals surface area (Å²) in [5.41, 5.74) is 0.212. The molecule has 0 aliphatic carbocycles. The zero-order valence-electron chi connectivity index (χ0n) is 19.9. The molecule has 0 heterocycles. The van der Waals surface area contributed by atoms with Gasteiger partial charge in [0.25, 0.3) is 0 Å². The molecule has 1 atom stereocenters. The van der Waals surface area contributed by atoms with Gasteiger partial charge in [-0.2, -0.15) is 0 Å². The van der Waals surface area contributed by atoms with Crippen LogP contribution in [0.1, 0.15) is 51.3 Å². The molecule has 3 aromatic carbocycles. The molecule has 0 radical (unpaired) electrons. The Hall–Kier alpha value is -3.31. The number of para-hydroxylation sites is 3. The largest absolute Gasteiger partial charge is 0.507 e. The number of hydrogen-bond acceptors (Lipinski definition) is 5. The van der Waals surface area contributed by atoms with Gasteiger partial charge in [-0.15, -0.1) is 0 Å². The highest BCUT2D eigenvalue weighted by Gasteiger charge is 2.42. The van der Waals surface area contributed by atoms with E-state index in [9.17, 15) is 10.2 Å². The minimum atomic E-state index is -1.56. The highest BCUT2D eigenvalue weighted by atomic mass is 16.5. The zero-order chi connectivity index (χ0) is 24.0. The van der Waals surface area contributed by atoms with Crippen LogP contribution in [0.25, 0.3) is 0 Å². The van der Waals surface area contributed by atoms with E-state index < -0.39 is 11.6 Å². The molecule has 0 aliphatic rings. The van der Waals surface area contributed by atoms with Crippen molar-refractivity contribution in [3.8, 4) is 17.2 Å². The number of benzene rings is 3. The summed E-state index contributed by atoms with van der Waals surface area (Å²) in [4.78, 5) is 4.67. The fourth-order valence-electron chi connectivity index (χ4n) is 3.77. The third-order valence-electron chi connectivity index (χ3n) is 5.30. The van der Waals surface area contributed by atoms with Crippen LogP contribution in [0.15, 0.2) is 77.8 Å². The molecule has 5 nitrogen and oxygen atoms in total. The normalized spacial score (nSPS) is 13.0. The Morgan fingerprint density at radius 1 is 0.727 bits per heavy atom. The number of phenolic OH excluding ortho intramolecular Hbond substituents is 1. The van der Waals surface area contributed by atoms with Gasteiger partial charge in [-0.25, -0.2) is 0 Å². The van der Waals surface area contributed by atoms with Crippen molar-refractivity contribution < 1.29 is 19.7 Å². The highest BCUT2D eigenvalue weighted by molar-refractivity contribution is 5.83. The lowest BCUT2D eigenvalue weighted by molar-refractivity contribution is 0.0500. The molecule has 0 aliphatic heterocycles. The van der Waals surface area contributed by atoms with Gasteiger partial charge in [-0.3, -0.25) is 4.99 Å². The fraction of sp³-hybridized carbons (Fsp3) is 0.321. The van der Waals surface area contributed by atoms with Crippen LogP contribution in [0.5, 0.6) is 17.2 Å². The van der Waals surface area contributed by atoms with E-state index in [0.717, 1.165) is 0 Å². The van der Waals surface area contributed by atoms with Gasteiger partial charge in [0.2, 0.25) is 0 Å². The smallest absolute Gasteiger partial charge is 0.144 e. The van der Waals surface area contributed by atoms with Crippen LogP contribution in [0.3, 0.4) is 0 Å². The van der Waals surface area contributed by atoms with E-state index in [4.69, 9.17) is 9.47 Å². The van der Waals surface area contributed by atoms with Crippen LogP contribution < -0.4 is 9.47 Å². The topological polar surface area (TPSA) is 71.3 Å². The first kappa shape index (κ1) is 24.3. The molecule has 5 heteroatoms. The molecule has 0 saturated carbocycles. The van der Waals surface area contributed by atoms with Gasteiger partial charge in [0.15, 0.2) is 0 Å². The summed E-state index contributed by atoms with van der Waals surface area (Å²) in [6.07, 6.45) is 1.44. The van der Waals surface area contributed by atoms with Crippen LogP contribution >= 0.6 is 0 Å². The summed E-state index contributed by atoms with van der Waals surface area (Å²) in [6, 6.07) is 21.3. The molecule has 0 fully saturated rings. The Balaban J connectivity index is 2.19. The number of aliphatic hydroxyl groups is 1. The molecule has 0 saturated heterocycles. The van der Waals surface area contributed by atoms with E-state index in [2.05, 4.69) is 4.99 Å². The first-order valence-corrected chi connectivity index (χ1v) is 11.3. The summed E-state index contributed by atoms with van der Waals surface area (Å²) in [5, 5.41) is 22.6. The first-order valence-electron chi connectivity index (χ1n) is 11.3. The van der Waals surface area contributed by atoms with Crippen molar-refractivity contribution in [1.82, 2.24) is 0 Å². The van der Waals surface area contributed by atoms with Gasteiger partial charge in [0.1, 0.15) is 22.8 Å². The second-order valence-corrected chi connectivity index (χ2v) is 8.60. The summed E-state index contributed by atoms with van der Waals surface area (Å²) < 4.78 is 12.1. The monoisotopic (exact) mass is 447 g/mol. The molecule has 0 bridgehead atoms. The molecule has 3 aromatic rings. The molecular weight excluding hydrogens is 414 g/mol. The van der Waals surface area contributed by atoms with E-state index in [1.807, 2.05) is 89.2 Å². The van der Waals surface area contributed by atoms with E-state index >= 15 is 0 Å². The predicted octanol–water partition coefficient (Wildman–Crippen LogP) is 5.71. The standard InChI is InChI=1S/C28H33NO4/c1-19(2)32-26-16-10-7-13-23(26)28(31,24-14-8-11-17-27(24)33-20(3)4)21(5)29-18-22-12-6-9-15-25(22)30/h6-21,30-31H,1-5H3. The minimum Gasteiger partial charge on any atom is -0.507 e. The van der Waals surface area contributed by atoms with Crippen LogP contribution in [0.2, 0.25) is 0 Å². The van der Waals surface area contributed by atoms with Crippen molar-refractivity contribution in [2.75, 3.05) is 0 Å². The van der Waals surface area contributed by atoms with E-state index in [1.54, 1.807) is 24.4 Å². The van der Waals surface area contributed by atoms with E-state index in [-0.39, 0.29) is 18.0 Å². The Kier molecular flexibility index (Phi) is 7.77. The lowest BCUT2D eigenvalue weighted by atomic mass is 9.80. The molecular formula is C28H33NO4. The van der Waals surface area contributed by atoms with Gasteiger partial charge in [0, 0.05) is 22.9 Å². The predicted molar refractivity (Wildman–Crippen MR) is 133 cm³/mol. The lowest BCUT2D eigenvalue weighted by Crippen LogP contribution is -2.39. The van der Waals surface area contributed by atoms with Gasteiger partial charge in [0.05, 0.1) is 18.2 Å². The second-order valence-electron chi connectivity index (χ2n) is 8.60.